The van der Waals surface area contributed by atoms with Crippen LogP contribution in [-0.4, -0.2) is 4.98 Å². The minimum absolute atomic E-state index is 0.503. The van der Waals surface area contributed by atoms with Gasteiger partial charge in [-0.1, -0.05) is 0 Å². The highest BCUT2D eigenvalue weighted by molar-refractivity contribution is 5.30. The zero-order valence-corrected chi connectivity index (χ0v) is 9.71. The van der Waals surface area contributed by atoms with Crippen molar-refractivity contribution in [3.8, 4) is 0 Å². The lowest BCUT2D eigenvalue weighted by molar-refractivity contribution is -0.00512. The molecule has 1 heteroatoms. The molecule has 0 atom stereocenters. The third-order valence-corrected chi connectivity index (χ3v) is 5.36. The van der Waals surface area contributed by atoms with E-state index in [1.165, 1.54) is 44.1 Å². The summed E-state index contributed by atoms with van der Waals surface area (Å²) >= 11 is 0. The molecule has 0 unspecified atom stereocenters. The summed E-state index contributed by atoms with van der Waals surface area (Å²) in [6, 6.07) is 2.19. The van der Waals surface area contributed by atoms with Crippen molar-refractivity contribution in [1.29, 1.82) is 0 Å². The molecular formula is C15H19N. The largest absolute Gasteiger partial charge is 0.364 e. The quantitative estimate of drug-likeness (QED) is 0.734. The first-order valence-electron chi connectivity index (χ1n) is 6.68. The van der Waals surface area contributed by atoms with Gasteiger partial charge in [0.05, 0.1) is 0 Å². The van der Waals surface area contributed by atoms with Crippen molar-refractivity contribution in [2.24, 2.45) is 17.8 Å². The minimum Gasteiger partial charge on any atom is -0.364 e. The first-order chi connectivity index (χ1) is 7.73. The molecule has 4 saturated carbocycles. The summed E-state index contributed by atoms with van der Waals surface area (Å²) < 4.78 is 0. The second kappa shape index (κ2) is 2.94. The van der Waals surface area contributed by atoms with Gasteiger partial charge in [0.15, 0.2) is 0 Å². The maximum absolute atomic E-state index is 5.84. The van der Waals surface area contributed by atoms with Crippen LogP contribution in [0.2, 0.25) is 0 Å². The van der Waals surface area contributed by atoms with Gasteiger partial charge in [-0.3, -0.25) is 0 Å². The summed E-state index contributed by atoms with van der Waals surface area (Å²) in [4.78, 5) is 3.17. The third-order valence-electron chi connectivity index (χ3n) is 5.36. The van der Waals surface area contributed by atoms with Crippen LogP contribution in [-0.2, 0) is 5.41 Å². The Kier molecular flexibility index (Phi) is 1.71. The standard InChI is InChI=1S/C15H19N/c1-10-2-14(9-16-10)15-6-11-3-12(7-15)5-13(4-11)8-15/h1-2,9,11-13,16H,3-8H2. The fourth-order valence-corrected chi connectivity index (χ4v) is 5.18. The summed E-state index contributed by atoms with van der Waals surface area (Å²) in [6.45, 7) is 5.84. The smallest absolute Gasteiger partial charge is 0.0195 e. The molecule has 1 aromatic rings. The van der Waals surface area contributed by atoms with E-state index in [1.807, 2.05) is 0 Å². The van der Waals surface area contributed by atoms with E-state index in [4.69, 9.17) is 6.92 Å². The Morgan fingerprint density at radius 1 is 1.06 bits per heavy atom. The van der Waals surface area contributed by atoms with E-state index in [9.17, 15) is 0 Å². The number of H-pyrrole nitrogens is 1. The molecule has 4 bridgehead atoms. The molecule has 2 radical (unpaired) electrons. The molecule has 0 aromatic carbocycles. The van der Waals surface area contributed by atoms with Gasteiger partial charge in [0.25, 0.3) is 0 Å². The van der Waals surface area contributed by atoms with Crippen LogP contribution in [0.25, 0.3) is 0 Å². The molecule has 1 heterocycles. The Bertz CT molecular complexity index is 380. The van der Waals surface area contributed by atoms with Crippen molar-refractivity contribution in [2.45, 2.75) is 43.9 Å². The van der Waals surface area contributed by atoms with Crippen molar-refractivity contribution in [1.82, 2.24) is 4.98 Å². The van der Waals surface area contributed by atoms with Crippen LogP contribution in [0.4, 0.5) is 0 Å². The maximum atomic E-state index is 5.84. The Hall–Kier alpha value is -0.720. The summed E-state index contributed by atoms with van der Waals surface area (Å²) in [5.74, 6) is 3.05. The van der Waals surface area contributed by atoms with Crippen LogP contribution in [0.3, 0.4) is 0 Å². The average molecular weight is 213 g/mol. The molecular weight excluding hydrogens is 194 g/mol. The molecule has 0 spiro atoms. The highest BCUT2D eigenvalue weighted by atomic mass is 14.7. The van der Waals surface area contributed by atoms with Gasteiger partial charge >= 0.3 is 0 Å². The Morgan fingerprint density at radius 3 is 2.06 bits per heavy atom. The molecule has 1 aromatic heterocycles. The second-order valence-electron chi connectivity index (χ2n) is 6.54. The maximum Gasteiger partial charge on any atom is 0.0195 e. The van der Waals surface area contributed by atoms with Gasteiger partial charge in [0.1, 0.15) is 0 Å². The molecule has 16 heavy (non-hydrogen) atoms. The summed E-state index contributed by atoms with van der Waals surface area (Å²) in [7, 11) is 0. The predicted octanol–water partition coefficient (Wildman–Crippen LogP) is 3.54. The highest BCUT2D eigenvalue weighted by Crippen LogP contribution is 2.60. The normalized spacial score (nSPS) is 45.2. The van der Waals surface area contributed by atoms with Crippen molar-refractivity contribution in [2.75, 3.05) is 0 Å². The second-order valence-corrected chi connectivity index (χ2v) is 6.54. The Morgan fingerprint density at radius 2 is 1.62 bits per heavy atom. The van der Waals surface area contributed by atoms with E-state index in [1.54, 1.807) is 0 Å². The van der Waals surface area contributed by atoms with Gasteiger partial charge in [-0.2, -0.15) is 0 Å². The number of hydrogen-bond donors (Lipinski definition) is 1. The third kappa shape index (κ3) is 1.18. The first kappa shape index (κ1) is 9.32. The summed E-state index contributed by atoms with van der Waals surface area (Å²) in [5.41, 5.74) is 2.85. The van der Waals surface area contributed by atoms with Gasteiger partial charge in [-0.15, -0.1) is 0 Å². The van der Waals surface area contributed by atoms with E-state index >= 15 is 0 Å². The topological polar surface area (TPSA) is 15.8 Å². The SMILES string of the molecule is [CH]c1cc(C23CC4CC(CC(C4)C2)C3)c[nH]1. The molecule has 84 valence electrons. The first-order valence-corrected chi connectivity index (χ1v) is 6.68. The van der Waals surface area contributed by atoms with E-state index in [0.29, 0.717) is 5.41 Å². The predicted molar refractivity (Wildman–Crippen MR) is 64.0 cm³/mol. The fourth-order valence-electron chi connectivity index (χ4n) is 5.18. The number of nitrogens with one attached hydrogen (secondary N) is 1. The van der Waals surface area contributed by atoms with Crippen LogP contribution in [0, 0.1) is 24.7 Å². The zero-order valence-electron chi connectivity index (χ0n) is 9.71. The summed E-state index contributed by atoms with van der Waals surface area (Å²) in [5, 5.41) is 0. The van der Waals surface area contributed by atoms with E-state index in [0.717, 1.165) is 23.4 Å². The van der Waals surface area contributed by atoms with Crippen molar-refractivity contribution < 1.29 is 0 Å². The van der Waals surface area contributed by atoms with Crippen LogP contribution in [0.5, 0.6) is 0 Å². The Labute approximate surface area is 97.6 Å². The highest BCUT2D eigenvalue weighted by Gasteiger charge is 2.51. The van der Waals surface area contributed by atoms with Gasteiger partial charge in [-0.05, 0) is 73.3 Å². The van der Waals surface area contributed by atoms with E-state index in [-0.39, 0.29) is 0 Å². The van der Waals surface area contributed by atoms with Crippen molar-refractivity contribution in [3.05, 3.63) is 30.4 Å². The minimum atomic E-state index is 0.503. The lowest BCUT2D eigenvalue weighted by atomic mass is 9.48. The van der Waals surface area contributed by atoms with Crippen molar-refractivity contribution in [3.63, 3.8) is 0 Å². The monoisotopic (exact) mass is 213 g/mol. The van der Waals surface area contributed by atoms with Gasteiger partial charge < -0.3 is 4.98 Å². The van der Waals surface area contributed by atoms with Crippen LogP contribution < -0.4 is 0 Å². The zero-order chi connectivity index (χ0) is 10.8. The van der Waals surface area contributed by atoms with Crippen molar-refractivity contribution >= 4 is 0 Å². The Balaban J connectivity index is 1.76. The summed E-state index contributed by atoms with van der Waals surface area (Å²) in [6.07, 6.45) is 11.0. The average Bonchev–Trinajstić information content (AvgIpc) is 2.63. The molecule has 5 rings (SSSR count). The van der Waals surface area contributed by atoms with Crippen LogP contribution >= 0.6 is 0 Å². The lowest BCUT2D eigenvalue weighted by Gasteiger charge is -2.56. The lowest BCUT2D eigenvalue weighted by Crippen LogP contribution is -2.48. The molecule has 4 aliphatic carbocycles. The van der Waals surface area contributed by atoms with Gasteiger partial charge in [-0.25, -0.2) is 0 Å². The number of aromatic nitrogens is 1. The number of hydrogen-bond acceptors (Lipinski definition) is 0. The van der Waals surface area contributed by atoms with Crippen LogP contribution in [0.1, 0.15) is 49.8 Å². The van der Waals surface area contributed by atoms with E-state index < -0.39 is 0 Å². The van der Waals surface area contributed by atoms with Gasteiger partial charge in [0.2, 0.25) is 0 Å². The van der Waals surface area contributed by atoms with E-state index in [2.05, 4.69) is 17.2 Å². The molecule has 1 N–H and O–H groups in total. The molecule has 0 aliphatic heterocycles. The molecule has 0 amide bonds. The van der Waals surface area contributed by atoms with Gasteiger partial charge in [0, 0.05) is 18.8 Å². The number of rotatable bonds is 1. The molecule has 4 fully saturated rings. The molecule has 4 aliphatic rings. The molecule has 1 nitrogen and oxygen atoms in total. The molecule has 0 saturated heterocycles. The van der Waals surface area contributed by atoms with Crippen LogP contribution in [0.15, 0.2) is 12.3 Å². The number of aromatic amines is 1. The fraction of sp³-hybridized carbons (Fsp3) is 0.667.